The first-order valence-electron chi connectivity index (χ1n) is 10.9. The Morgan fingerprint density at radius 1 is 1.03 bits per heavy atom. The maximum absolute atomic E-state index is 12.8. The molecule has 0 atom stereocenters. The fourth-order valence-corrected chi connectivity index (χ4v) is 5.44. The largest absolute Gasteiger partial charge is 0.345 e. The van der Waals surface area contributed by atoms with Gasteiger partial charge in [-0.15, -0.1) is 11.3 Å². The number of amides is 2. The molecule has 2 aromatic carbocycles. The number of hydrogen-bond acceptors (Lipinski definition) is 7. The minimum Gasteiger partial charge on any atom is -0.345 e. The molecule has 0 unspecified atom stereocenters. The van der Waals surface area contributed by atoms with E-state index in [1.54, 1.807) is 41.9 Å². The number of nitrogens with zero attached hydrogens (tertiary/aromatic N) is 3. The molecule has 0 bridgehead atoms. The SMILES string of the molecule is CS(=O)(=O)c1cccc(-c2ccc(C(=O)N3CC(N4CC(NC(=O)c5nccs5)C4)C3)cc2)c1. The Morgan fingerprint density at radius 2 is 1.76 bits per heavy atom. The number of nitrogens with one attached hydrogen (secondary N) is 1. The molecule has 1 N–H and O–H groups in total. The third kappa shape index (κ3) is 4.61. The minimum atomic E-state index is -3.28. The Labute approximate surface area is 202 Å². The molecule has 0 aliphatic carbocycles. The van der Waals surface area contributed by atoms with Crippen LogP contribution in [0.3, 0.4) is 0 Å². The summed E-state index contributed by atoms with van der Waals surface area (Å²) in [5.74, 6) is -0.140. The van der Waals surface area contributed by atoms with E-state index < -0.39 is 9.84 Å². The highest BCUT2D eigenvalue weighted by atomic mass is 32.2. The predicted molar refractivity (Wildman–Crippen MR) is 130 cm³/mol. The molecule has 2 aliphatic heterocycles. The number of likely N-dealkylation sites (tertiary alicyclic amines) is 2. The van der Waals surface area contributed by atoms with E-state index >= 15 is 0 Å². The van der Waals surface area contributed by atoms with Crippen molar-refractivity contribution in [3.05, 3.63) is 70.7 Å². The van der Waals surface area contributed by atoms with E-state index in [0.717, 1.165) is 24.2 Å². The van der Waals surface area contributed by atoms with Crippen LogP contribution in [-0.2, 0) is 9.84 Å². The van der Waals surface area contributed by atoms with Crippen molar-refractivity contribution in [2.45, 2.75) is 17.0 Å². The number of sulfone groups is 1. The van der Waals surface area contributed by atoms with E-state index in [9.17, 15) is 18.0 Å². The van der Waals surface area contributed by atoms with Crippen LogP contribution in [0.1, 0.15) is 20.2 Å². The summed E-state index contributed by atoms with van der Waals surface area (Å²) < 4.78 is 23.6. The van der Waals surface area contributed by atoms with Crippen LogP contribution in [0.5, 0.6) is 0 Å². The summed E-state index contributed by atoms with van der Waals surface area (Å²) in [6.07, 6.45) is 2.81. The Morgan fingerprint density at radius 3 is 2.41 bits per heavy atom. The molecular weight excluding hydrogens is 472 g/mol. The van der Waals surface area contributed by atoms with E-state index in [0.29, 0.717) is 29.7 Å². The van der Waals surface area contributed by atoms with Crippen LogP contribution < -0.4 is 5.32 Å². The van der Waals surface area contributed by atoms with Gasteiger partial charge in [-0.25, -0.2) is 13.4 Å². The second-order valence-corrected chi connectivity index (χ2v) is 11.6. The number of rotatable bonds is 6. The van der Waals surface area contributed by atoms with Crippen molar-refractivity contribution >= 4 is 33.0 Å². The van der Waals surface area contributed by atoms with Gasteiger partial charge in [0.2, 0.25) is 0 Å². The van der Waals surface area contributed by atoms with Crippen LogP contribution in [-0.4, -0.2) is 79.5 Å². The van der Waals surface area contributed by atoms with Crippen molar-refractivity contribution in [2.75, 3.05) is 32.4 Å². The molecule has 3 aromatic rings. The summed E-state index contributed by atoms with van der Waals surface area (Å²) in [5, 5.41) is 5.26. The standard InChI is InChI=1S/C24H24N4O4S2/c1-34(31,32)21-4-2-3-18(11-21)16-5-7-17(8-6-16)24(30)28-14-20(15-28)27-12-19(13-27)26-22(29)23-25-9-10-33-23/h2-11,19-20H,12-15H2,1H3,(H,26,29). The van der Waals surface area contributed by atoms with E-state index in [2.05, 4.69) is 15.2 Å². The molecule has 2 fully saturated rings. The monoisotopic (exact) mass is 496 g/mol. The normalized spacial score (nSPS) is 17.1. The number of benzene rings is 2. The molecule has 0 saturated carbocycles. The molecule has 0 radical (unpaired) electrons. The summed E-state index contributed by atoms with van der Waals surface area (Å²) in [6.45, 7) is 2.91. The minimum absolute atomic E-state index is 0.0122. The number of aromatic nitrogens is 1. The maximum Gasteiger partial charge on any atom is 0.280 e. The van der Waals surface area contributed by atoms with Gasteiger partial charge in [0.25, 0.3) is 11.8 Å². The van der Waals surface area contributed by atoms with Crippen molar-refractivity contribution in [2.24, 2.45) is 0 Å². The highest BCUT2D eigenvalue weighted by Crippen LogP contribution is 2.26. The highest BCUT2D eigenvalue weighted by Gasteiger charge is 2.41. The van der Waals surface area contributed by atoms with Crippen molar-refractivity contribution in [1.82, 2.24) is 20.1 Å². The lowest BCUT2D eigenvalue weighted by Gasteiger charge is -2.51. The molecule has 10 heteroatoms. The van der Waals surface area contributed by atoms with Crippen molar-refractivity contribution in [3.63, 3.8) is 0 Å². The van der Waals surface area contributed by atoms with Gasteiger partial charge in [0.1, 0.15) is 0 Å². The van der Waals surface area contributed by atoms with E-state index in [1.807, 2.05) is 23.1 Å². The zero-order chi connectivity index (χ0) is 23.9. The van der Waals surface area contributed by atoms with Gasteiger partial charge in [0, 0.05) is 55.6 Å². The average molecular weight is 497 g/mol. The molecule has 2 saturated heterocycles. The first-order valence-corrected chi connectivity index (χ1v) is 13.7. The number of hydrogen-bond donors (Lipinski definition) is 1. The van der Waals surface area contributed by atoms with Crippen molar-refractivity contribution in [1.29, 1.82) is 0 Å². The molecule has 2 amide bonds. The molecular formula is C24H24N4O4S2. The van der Waals surface area contributed by atoms with Crippen molar-refractivity contribution < 1.29 is 18.0 Å². The third-order valence-corrected chi connectivity index (χ3v) is 8.15. The average Bonchev–Trinajstić information content (AvgIpc) is 3.31. The van der Waals surface area contributed by atoms with Gasteiger partial charge in [-0.3, -0.25) is 14.5 Å². The Bertz CT molecular complexity index is 1310. The Balaban J connectivity index is 1.12. The number of carbonyl (C=O) groups excluding carboxylic acids is 2. The quantitative estimate of drug-likeness (QED) is 0.562. The molecule has 5 rings (SSSR count). The molecule has 1 aromatic heterocycles. The van der Waals surface area contributed by atoms with Crippen LogP contribution >= 0.6 is 11.3 Å². The third-order valence-electron chi connectivity index (χ3n) is 6.26. The van der Waals surface area contributed by atoms with Crippen LogP contribution in [0.25, 0.3) is 11.1 Å². The molecule has 0 spiro atoms. The lowest BCUT2D eigenvalue weighted by molar-refractivity contribution is -0.00941. The van der Waals surface area contributed by atoms with Gasteiger partial charge in [-0.1, -0.05) is 24.3 Å². The molecule has 2 aliphatic rings. The summed E-state index contributed by atoms with van der Waals surface area (Å²) >= 11 is 1.33. The lowest BCUT2D eigenvalue weighted by Crippen LogP contribution is -2.70. The van der Waals surface area contributed by atoms with Crippen LogP contribution in [0.2, 0.25) is 0 Å². The lowest BCUT2D eigenvalue weighted by atomic mass is 9.98. The maximum atomic E-state index is 12.8. The van der Waals surface area contributed by atoms with E-state index in [1.165, 1.54) is 17.6 Å². The molecule has 8 nitrogen and oxygen atoms in total. The molecule has 176 valence electrons. The number of thiazole rings is 1. The summed E-state index contributed by atoms with van der Waals surface area (Å²) in [4.78, 5) is 33.3. The topological polar surface area (TPSA) is 99.7 Å². The van der Waals surface area contributed by atoms with Gasteiger partial charge in [-0.05, 0) is 35.4 Å². The fraction of sp³-hybridized carbons (Fsp3) is 0.292. The predicted octanol–water partition coefficient (Wildman–Crippen LogP) is 2.15. The van der Waals surface area contributed by atoms with Crippen LogP contribution in [0.4, 0.5) is 0 Å². The Kier molecular flexibility index (Phi) is 5.97. The Hall–Kier alpha value is -3.08. The summed E-state index contributed by atoms with van der Waals surface area (Å²) in [7, 11) is -3.28. The zero-order valence-electron chi connectivity index (χ0n) is 18.5. The fourth-order valence-electron chi connectivity index (χ4n) is 4.23. The second-order valence-electron chi connectivity index (χ2n) is 8.70. The van der Waals surface area contributed by atoms with Gasteiger partial charge >= 0.3 is 0 Å². The smallest absolute Gasteiger partial charge is 0.280 e. The van der Waals surface area contributed by atoms with Crippen molar-refractivity contribution in [3.8, 4) is 11.1 Å². The summed E-state index contributed by atoms with van der Waals surface area (Å²) in [5.41, 5.74) is 2.26. The second kappa shape index (κ2) is 8.94. The first-order chi connectivity index (χ1) is 16.3. The summed E-state index contributed by atoms with van der Waals surface area (Å²) in [6, 6.07) is 14.5. The number of carbonyl (C=O) groups is 2. The van der Waals surface area contributed by atoms with Gasteiger partial charge in [-0.2, -0.15) is 0 Å². The van der Waals surface area contributed by atoms with Gasteiger partial charge < -0.3 is 10.2 Å². The van der Waals surface area contributed by atoms with E-state index in [-0.39, 0.29) is 22.8 Å². The van der Waals surface area contributed by atoms with Gasteiger partial charge in [0.05, 0.1) is 10.9 Å². The first kappa shape index (κ1) is 22.7. The van der Waals surface area contributed by atoms with Crippen LogP contribution in [0, 0.1) is 0 Å². The zero-order valence-corrected chi connectivity index (χ0v) is 20.2. The molecule has 3 heterocycles. The van der Waals surface area contributed by atoms with Gasteiger partial charge in [0.15, 0.2) is 14.8 Å². The van der Waals surface area contributed by atoms with E-state index in [4.69, 9.17) is 0 Å². The molecule has 34 heavy (non-hydrogen) atoms. The van der Waals surface area contributed by atoms with Crippen LogP contribution in [0.15, 0.2) is 65.0 Å². The highest BCUT2D eigenvalue weighted by molar-refractivity contribution is 7.90.